The Balaban J connectivity index is 2.85. The number of ether oxygens (including phenoxy) is 2. The predicted molar refractivity (Wildman–Crippen MR) is 70.4 cm³/mol. The first-order valence-electron chi connectivity index (χ1n) is 6.17. The van der Waals surface area contributed by atoms with Crippen molar-refractivity contribution < 1.29 is 34.1 Å². The molecule has 0 aliphatic rings. The summed E-state index contributed by atoms with van der Waals surface area (Å²) in [6.45, 7) is 1.67. The van der Waals surface area contributed by atoms with Crippen LogP contribution in [-0.4, -0.2) is 47.8 Å². The molecule has 0 heterocycles. The second-order valence-electron chi connectivity index (χ2n) is 4.08. The van der Waals surface area contributed by atoms with E-state index in [1.165, 1.54) is 24.3 Å². The molecule has 0 amide bonds. The van der Waals surface area contributed by atoms with Crippen LogP contribution in [0, 0.1) is 0 Å². The van der Waals surface area contributed by atoms with Gasteiger partial charge < -0.3 is 19.7 Å². The summed E-state index contributed by atoms with van der Waals surface area (Å²) < 4.78 is 8.89. The highest BCUT2D eigenvalue weighted by molar-refractivity contribution is 6.40. The van der Waals surface area contributed by atoms with Crippen LogP contribution < -0.4 is 0 Å². The van der Waals surface area contributed by atoms with Gasteiger partial charge in [-0.2, -0.15) is 0 Å². The molecular formula is C14H16O7. The number of ketones is 1. The average Bonchev–Trinajstić information content (AvgIpc) is 2.52. The van der Waals surface area contributed by atoms with E-state index in [9.17, 15) is 24.6 Å². The van der Waals surface area contributed by atoms with Crippen molar-refractivity contribution in [2.24, 2.45) is 0 Å². The molecule has 0 aromatic heterocycles. The Bertz CT molecular complexity index is 521. The zero-order chi connectivity index (χ0) is 16.0. The van der Waals surface area contributed by atoms with E-state index < -0.39 is 29.9 Å². The minimum atomic E-state index is -1.73. The van der Waals surface area contributed by atoms with E-state index in [0.717, 1.165) is 7.11 Å². The van der Waals surface area contributed by atoms with Gasteiger partial charge in [0.2, 0.25) is 0 Å². The topological polar surface area (TPSA) is 110 Å². The molecule has 2 N–H and O–H groups in total. The molecule has 21 heavy (non-hydrogen) atoms. The lowest BCUT2D eigenvalue weighted by Crippen LogP contribution is -2.29. The smallest absolute Gasteiger partial charge is 0.379 e. The monoisotopic (exact) mass is 296 g/mol. The van der Waals surface area contributed by atoms with Gasteiger partial charge in [-0.1, -0.05) is 24.3 Å². The summed E-state index contributed by atoms with van der Waals surface area (Å²) in [5.74, 6) is -2.76. The lowest BCUT2D eigenvalue weighted by Gasteiger charge is -2.16. The van der Waals surface area contributed by atoms with Crippen LogP contribution in [0.15, 0.2) is 24.3 Å². The van der Waals surface area contributed by atoms with E-state index in [0.29, 0.717) is 0 Å². The van der Waals surface area contributed by atoms with E-state index in [2.05, 4.69) is 9.47 Å². The molecule has 114 valence electrons. The summed E-state index contributed by atoms with van der Waals surface area (Å²) in [6.07, 6.45) is -3.23. The molecule has 0 saturated heterocycles. The van der Waals surface area contributed by atoms with E-state index >= 15 is 0 Å². The van der Waals surface area contributed by atoms with Gasteiger partial charge in [0.15, 0.2) is 6.10 Å². The first-order valence-corrected chi connectivity index (χ1v) is 6.17. The minimum Gasteiger partial charge on any atom is -0.467 e. The van der Waals surface area contributed by atoms with Crippen LogP contribution in [0.5, 0.6) is 0 Å². The quantitative estimate of drug-likeness (QED) is 0.432. The molecule has 0 aliphatic carbocycles. The second-order valence-corrected chi connectivity index (χ2v) is 4.08. The minimum absolute atomic E-state index is 0.0805. The number of Topliss-reactive ketones (excluding diaryl/α,β-unsaturated/α-hetero) is 1. The third kappa shape index (κ3) is 4.11. The van der Waals surface area contributed by atoms with Crippen LogP contribution in [0.25, 0.3) is 0 Å². The number of benzene rings is 1. The van der Waals surface area contributed by atoms with Crippen molar-refractivity contribution in [2.75, 3.05) is 13.7 Å². The van der Waals surface area contributed by atoms with Crippen LogP contribution in [0.3, 0.4) is 0 Å². The molecule has 2 atom stereocenters. The van der Waals surface area contributed by atoms with Crippen LogP contribution in [0.1, 0.15) is 28.9 Å². The molecule has 0 saturated carbocycles. The van der Waals surface area contributed by atoms with E-state index in [1.54, 1.807) is 6.92 Å². The molecule has 0 fully saturated rings. The molecule has 0 bridgehead atoms. The number of hydrogen-bond donors (Lipinski definition) is 2. The van der Waals surface area contributed by atoms with Crippen molar-refractivity contribution in [3.8, 4) is 0 Å². The predicted octanol–water partition coefficient (Wildman–Crippen LogP) is -0.000300. The molecule has 0 aliphatic heterocycles. The largest absolute Gasteiger partial charge is 0.467 e. The van der Waals surface area contributed by atoms with E-state index in [1.807, 2.05) is 0 Å². The molecular weight excluding hydrogens is 280 g/mol. The third-order valence-electron chi connectivity index (χ3n) is 2.72. The SMILES string of the molecule is CCOC(=O)C(=O)c1ccc(C(O)C(O)C(=O)OC)cc1. The van der Waals surface area contributed by atoms with Crippen molar-refractivity contribution in [2.45, 2.75) is 19.1 Å². The van der Waals surface area contributed by atoms with Gasteiger partial charge in [-0.05, 0) is 12.5 Å². The first-order chi connectivity index (χ1) is 9.92. The molecule has 7 heteroatoms. The van der Waals surface area contributed by atoms with Crippen molar-refractivity contribution in [3.05, 3.63) is 35.4 Å². The fourth-order valence-corrected chi connectivity index (χ4v) is 1.58. The summed E-state index contributed by atoms with van der Waals surface area (Å²) in [7, 11) is 1.08. The highest BCUT2D eigenvalue weighted by Crippen LogP contribution is 2.18. The van der Waals surface area contributed by atoms with Gasteiger partial charge in [0.25, 0.3) is 5.78 Å². The number of carbonyl (C=O) groups is 3. The van der Waals surface area contributed by atoms with Gasteiger partial charge >= 0.3 is 11.9 Å². The first kappa shape index (κ1) is 16.8. The number of hydrogen-bond acceptors (Lipinski definition) is 7. The maximum absolute atomic E-state index is 11.6. The zero-order valence-corrected chi connectivity index (χ0v) is 11.6. The standard InChI is InChI=1S/C14H16O7/c1-3-21-14(19)11(16)9-6-4-8(5-7-9)10(15)12(17)13(18)20-2/h4-7,10,12,15,17H,3H2,1-2H3. The number of aliphatic hydroxyl groups excluding tert-OH is 2. The summed E-state index contributed by atoms with van der Waals surface area (Å²) in [6, 6.07) is 5.23. The fraction of sp³-hybridized carbons (Fsp3) is 0.357. The van der Waals surface area contributed by atoms with Crippen LogP contribution in [0.4, 0.5) is 0 Å². The van der Waals surface area contributed by atoms with Crippen molar-refractivity contribution in [3.63, 3.8) is 0 Å². The fourth-order valence-electron chi connectivity index (χ4n) is 1.58. The summed E-state index contributed by atoms with van der Waals surface area (Å²) in [5.41, 5.74) is 0.283. The van der Waals surface area contributed by atoms with Crippen molar-refractivity contribution >= 4 is 17.7 Å². The third-order valence-corrected chi connectivity index (χ3v) is 2.72. The lowest BCUT2D eigenvalue weighted by molar-refractivity contribution is -0.156. The van der Waals surface area contributed by atoms with Gasteiger partial charge in [-0.15, -0.1) is 0 Å². The lowest BCUT2D eigenvalue weighted by atomic mass is 10.0. The van der Waals surface area contributed by atoms with Gasteiger partial charge in [-0.25, -0.2) is 9.59 Å². The van der Waals surface area contributed by atoms with Crippen molar-refractivity contribution in [1.29, 1.82) is 0 Å². The summed E-state index contributed by atoms with van der Waals surface area (Å²) in [5, 5.41) is 19.3. The highest BCUT2D eigenvalue weighted by atomic mass is 16.5. The van der Waals surface area contributed by atoms with Gasteiger partial charge in [0.1, 0.15) is 6.10 Å². The highest BCUT2D eigenvalue weighted by Gasteiger charge is 2.26. The molecule has 0 radical (unpaired) electrons. The average molecular weight is 296 g/mol. The zero-order valence-electron chi connectivity index (χ0n) is 11.6. The molecule has 2 unspecified atom stereocenters. The maximum Gasteiger partial charge on any atom is 0.379 e. The molecule has 1 rings (SSSR count). The van der Waals surface area contributed by atoms with Gasteiger partial charge in [0, 0.05) is 5.56 Å². The Morgan fingerprint density at radius 2 is 1.71 bits per heavy atom. The Kier molecular flexibility index (Phi) is 6.01. The summed E-state index contributed by atoms with van der Waals surface area (Å²) >= 11 is 0. The number of carbonyl (C=O) groups excluding carboxylic acids is 3. The normalized spacial score (nSPS) is 13.1. The molecule has 0 spiro atoms. The number of rotatable bonds is 6. The second kappa shape index (κ2) is 7.51. The van der Waals surface area contributed by atoms with Gasteiger partial charge in [-0.3, -0.25) is 4.79 Å². The Morgan fingerprint density at radius 3 is 2.19 bits per heavy atom. The Labute approximate surface area is 121 Å². The van der Waals surface area contributed by atoms with E-state index in [-0.39, 0.29) is 17.7 Å². The van der Waals surface area contributed by atoms with Gasteiger partial charge in [0.05, 0.1) is 13.7 Å². The van der Waals surface area contributed by atoms with Crippen LogP contribution in [0.2, 0.25) is 0 Å². The molecule has 1 aromatic carbocycles. The molecule has 1 aromatic rings. The van der Waals surface area contributed by atoms with Crippen molar-refractivity contribution in [1.82, 2.24) is 0 Å². The Hall–Kier alpha value is -2.25. The number of aliphatic hydroxyl groups is 2. The van der Waals surface area contributed by atoms with E-state index in [4.69, 9.17) is 0 Å². The van der Waals surface area contributed by atoms with Crippen LogP contribution in [-0.2, 0) is 19.1 Å². The maximum atomic E-state index is 11.6. The number of methoxy groups -OCH3 is 1. The Morgan fingerprint density at radius 1 is 1.14 bits per heavy atom. The molecule has 7 nitrogen and oxygen atoms in total. The number of esters is 2. The summed E-state index contributed by atoms with van der Waals surface area (Å²) in [4.78, 5) is 34.0. The van der Waals surface area contributed by atoms with Crippen LogP contribution >= 0.6 is 0 Å².